The maximum atomic E-state index is 13.0. The van der Waals surface area contributed by atoms with Crippen molar-refractivity contribution in [2.24, 2.45) is 0 Å². The molecule has 0 spiro atoms. The molecule has 0 saturated carbocycles. The summed E-state index contributed by atoms with van der Waals surface area (Å²) in [6, 6.07) is 16.9. The van der Waals surface area contributed by atoms with Crippen LogP contribution in [0.25, 0.3) is 0 Å². The highest BCUT2D eigenvalue weighted by Gasteiger charge is 2.41. The monoisotopic (exact) mass is 430 g/mol. The Morgan fingerprint density at radius 2 is 1.56 bits per heavy atom. The van der Waals surface area contributed by atoms with Crippen molar-refractivity contribution in [2.45, 2.75) is 18.3 Å². The Labute approximate surface area is 167 Å². The molecule has 2 aromatic rings. The SMILES string of the molecule is O=C(NCCNC(=O)C1(c2ccc(Br)cc2)CCOCC1)c1ccccc1. The number of amides is 2. The van der Waals surface area contributed by atoms with Crippen molar-refractivity contribution in [3.8, 4) is 0 Å². The number of carbonyl (C=O) groups excluding carboxylic acids is 2. The number of rotatable bonds is 6. The largest absolute Gasteiger partial charge is 0.381 e. The van der Waals surface area contributed by atoms with Crippen LogP contribution in [0.2, 0.25) is 0 Å². The number of halogens is 1. The Kier molecular flexibility index (Phi) is 6.63. The Morgan fingerprint density at radius 3 is 2.22 bits per heavy atom. The second-order valence-corrected chi connectivity index (χ2v) is 7.49. The third-order valence-corrected chi connectivity index (χ3v) is 5.44. The average molecular weight is 431 g/mol. The molecule has 2 aromatic carbocycles. The highest BCUT2D eigenvalue weighted by atomic mass is 79.9. The Balaban J connectivity index is 1.58. The van der Waals surface area contributed by atoms with E-state index in [0.717, 1.165) is 10.0 Å². The summed E-state index contributed by atoms with van der Waals surface area (Å²) < 4.78 is 6.46. The van der Waals surface area contributed by atoms with E-state index < -0.39 is 5.41 Å². The van der Waals surface area contributed by atoms with Crippen molar-refractivity contribution >= 4 is 27.7 Å². The first-order chi connectivity index (χ1) is 13.1. The fourth-order valence-electron chi connectivity index (χ4n) is 3.35. The van der Waals surface area contributed by atoms with E-state index in [-0.39, 0.29) is 11.8 Å². The number of carbonyl (C=O) groups is 2. The predicted molar refractivity (Wildman–Crippen MR) is 108 cm³/mol. The number of hydrogen-bond donors (Lipinski definition) is 2. The molecule has 0 aliphatic carbocycles. The lowest BCUT2D eigenvalue weighted by Gasteiger charge is -2.36. The van der Waals surface area contributed by atoms with Crippen LogP contribution in [0.5, 0.6) is 0 Å². The zero-order chi connectivity index (χ0) is 19.1. The molecular weight excluding hydrogens is 408 g/mol. The molecule has 0 unspecified atom stereocenters. The van der Waals surface area contributed by atoms with E-state index in [2.05, 4.69) is 26.6 Å². The number of hydrogen-bond acceptors (Lipinski definition) is 3. The van der Waals surface area contributed by atoms with Crippen LogP contribution in [-0.4, -0.2) is 38.1 Å². The molecule has 1 aliphatic rings. The van der Waals surface area contributed by atoms with Crippen LogP contribution in [0.3, 0.4) is 0 Å². The lowest BCUT2D eigenvalue weighted by Crippen LogP contribution is -2.49. The first kappa shape index (κ1) is 19.6. The minimum Gasteiger partial charge on any atom is -0.381 e. The lowest BCUT2D eigenvalue weighted by atomic mass is 9.73. The van der Waals surface area contributed by atoms with Crippen LogP contribution in [-0.2, 0) is 14.9 Å². The smallest absolute Gasteiger partial charge is 0.251 e. The molecule has 142 valence electrons. The summed E-state index contributed by atoms with van der Waals surface area (Å²) in [4.78, 5) is 25.1. The van der Waals surface area contributed by atoms with Gasteiger partial charge < -0.3 is 15.4 Å². The quantitative estimate of drug-likeness (QED) is 0.691. The van der Waals surface area contributed by atoms with Gasteiger partial charge in [0.15, 0.2) is 0 Å². The van der Waals surface area contributed by atoms with Crippen LogP contribution in [0.15, 0.2) is 59.1 Å². The van der Waals surface area contributed by atoms with Crippen molar-refractivity contribution < 1.29 is 14.3 Å². The van der Waals surface area contributed by atoms with Gasteiger partial charge in [0, 0.05) is 36.3 Å². The van der Waals surface area contributed by atoms with Gasteiger partial charge in [0.2, 0.25) is 5.91 Å². The van der Waals surface area contributed by atoms with E-state index >= 15 is 0 Å². The van der Waals surface area contributed by atoms with Gasteiger partial charge in [0.25, 0.3) is 5.91 Å². The molecule has 2 N–H and O–H groups in total. The summed E-state index contributed by atoms with van der Waals surface area (Å²) in [5.74, 6) is -0.152. The zero-order valence-corrected chi connectivity index (χ0v) is 16.6. The number of nitrogens with one attached hydrogen (secondary N) is 2. The maximum absolute atomic E-state index is 13.0. The maximum Gasteiger partial charge on any atom is 0.251 e. The van der Waals surface area contributed by atoms with Gasteiger partial charge >= 0.3 is 0 Å². The summed E-state index contributed by atoms with van der Waals surface area (Å²) in [5.41, 5.74) is 1.03. The minimum atomic E-state index is -0.581. The standard InChI is InChI=1S/C21H23BrN2O3/c22-18-8-6-17(7-9-18)21(10-14-27-15-11-21)20(26)24-13-12-23-19(25)16-4-2-1-3-5-16/h1-9H,10-15H2,(H,23,25)(H,24,26). The molecule has 0 bridgehead atoms. The third kappa shape index (κ3) is 4.76. The highest BCUT2D eigenvalue weighted by Crippen LogP contribution is 2.35. The molecule has 2 amide bonds. The molecule has 27 heavy (non-hydrogen) atoms. The molecular formula is C21H23BrN2O3. The van der Waals surface area contributed by atoms with Crippen LogP contribution in [0, 0.1) is 0 Å². The summed E-state index contributed by atoms with van der Waals surface area (Å²) in [6.07, 6.45) is 1.30. The van der Waals surface area contributed by atoms with Gasteiger partial charge in [-0.1, -0.05) is 46.3 Å². The summed E-state index contributed by atoms with van der Waals surface area (Å²) in [7, 11) is 0. The van der Waals surface area contributed by atoms with Gasteiger partial charge in [0.05, 0.1) is 5.41 Å². The lowest BCUT2D eigenvalue weighted by molar-refractivity contribution is -0.130. The molecule has 3 rings (SSSR count). The summed E-state index contributed by atoms with van der Waals surface area (Å²) in [6.45, 7) is 1.89. The molecule has 6 heteroatoms. The fraction of sp³-hybridized carbons (Fsp3) is 0.333. The van der Waals surface area contributed by atoms with Crippen LogP contribution >= 0.6 is 15.9 Å². The van der Waals surface area contributed by atoms with Gasteiger partial charge in [-0.25, -0.2) is 0 Å². The zero-order valence-electron chi connectivity index (χ0n) is 15.0. The third-order valence-electron chi connectivity index (χ3n) is 4.91. The van der Waals surface area contributed by atoms with E-state index in [4.69, 9.17) is 4.74 Å². The Morgan fingerprint density at radius 1 is 0.926 bits per heavy atom. The van der Waals surface area contributed by atoms with Crippen molar-refractivity contribution in [1.29, 1.82) is 0 Å². The molecule has 1 heterocycles. The van der Waals surface area contributed by atoms with E-state index in [1.807, 2.05) is 42.5 Å². The summed E-state index contributed by atoms with van der Waals surface area (Å²) in [5, 5.41) is 5.82. The van der Waals surface area contributed by atoms with E-state index in [1.54, 1.807) is 12.1 Å². The summed E-state index contributed by atoms with van der Waals surface area (Å²) >= 11 is 3.44. The van der Waals surface area contributed by atoms with Crippen LogP contribution in [0.4, 0.5) is 0 Å². The van der Waals surface area contributed by atoms with E-state index in [0.29, 0.717) is 44.7 Å². The molecule has 1 fully saturated rings. The normalized spacial score (nSPS) is 15.7. The second-order valence-electron chi connectivity index (χ2n) is 6.58. The Bertz CT molecular complexity index is 772. The molecule has 0 aromatic heterocycles. The molecule has 0 radical (unpaired) electrons. The van der Waals surface area contributed by atoms with Gasteiger partial charge in [-0.2, -0.15) is 0 Å². The molecule has 0 atom stereocenters. The minimum absolute atomic E-state index is 0.0120. The molecule has 5 nitrogen and oxygen atoms in total. The van der Waals surface area contributed by atoms with Crippen molar-refractivity contribution in [3.63, 3.8) is 0 Å². The average Bonchev–Trinajstić information content (AvgIpc) is 2.72. The van der Waals surface area contributed by atoms with E-state index in [9.17, 15) is 9.59 Å². The van der Waals surface area contributed by atoms with Crippen LogP contribution < -0.4 is 10.6 Å². The number of ether oxygens (including phenoxy) is 1. The molecule has 1 saturated heterocycles. The van der Waals surface area contributed by atoms with Crippen molar-refractivity contribution in [2.75, 3.05) is 26.3 Å². The highest BCUT2D eigenvalue weighted by molar-refractivity contribution is 9.10. The van der Waals surface area contributed by atoms with Crippen molar-refractivity contribution in [1.82, 2.24) is 10.6 Å². The fourth-order valence-corrected chi connectivity index (χ4v) is 3.61. The second kappa shape index (κ2) is 9.15. The van der Waals surface area contributed by atoms with Gasteiger partial charge in [0.1, 0.15) is 0 Å². The predicted octanol–water partition coefficient (Wildman–Crippen LogP) is 3.04. The topological polar surface area (TPSA) is 67.4 Å². The molecule has 1 aliphatic heterocycles. The first-order valence-electron chi connectivity index (χ1n) is 9.07. The van der Waals surface area contributed by atoms with Crippen LogP contribution in [0.1, 0.15) is 28.8 Å². The van der Waals surface area contributed by atoms with E-state index in [1.165, 1.54) is 0 Å². The van der Waals surface area contributed by atoms with Gasteiger partial charge in [-0.05, 0) is 42.7 Å². The van der Waals surface area contributed by atoms with Gasteiger partial charge in [-0.15, -0.1) is 0 Å². The number of benzene rings is 2. The van der Waals surface area contributed by atoms with Crippen molar-refractivity contribution in [3.05, 3.63) is 70.2 Å². The Hall–Kier alpha value is -2.18. The first-order valence-corrected chi connectivity index (χ1v) is 9.86. The van der Waals surface area contributed by atoms with Gasteiger partial charge in [-0.3, -0.25) is 9.59 Å².